The van der Waals surface area contributed by atoms with Crippen molar-refractivity contribution in [3.63, 3.8) is 0 Å². The molecule has 0 aliphatic carbocycles. The first-order chi connectivity index (χ1) is 12.3. The molecule has 2 aromatic rings. The van der Waals surface area contributed by atoms with Crippen molar-refractivity contribution in [3.05, 3.63) is 54.6 Å². The van der Waals surface area contributed by atoms with Crippen molar-refractivity contribution in [3.8, 4) is 0 Å². The third kappa shape index (κ3) is 5.25. The van der Waals surface area contributed by atoms with Crippen LogP contribution in [0.15, 0.2) is 64.4 Å². The van der Waals surface area contributed by atoms with Gasteiger partial charge in [0.25, 0.3) is 10.0 Å². The number of nitrogens with zero attached hydrogens (tertiary/aromatic N) is 1. The number of hydrogen-bond donors (Lipinski definition) is 1. The van der Waals surface area contributed by atoms with Gasteiger partial charge in [0, 0.05) is 18.0 Å². The van der Waals surface area contributed by atoms with Gasteiger partial charge in [-0.25, -0.2) is 8.42 Å². The predicted octanol–water partition coefficient (Wildman–Crippen LogP) is 3.52. The van der Waals surface area contributed by atoms with Crippen molar-refractivity contribution in [2.45, 2.75) is 36.1 Å². The second-order valence-electron chi connectivity index (χ2n) is 5.94. The van der Waals surface area contributed by atoms with Crippen LogP contribution in [0.25, 0.3) is 0 Å². The molecule has 140 valence electrons. The number of carbonyl (C=O) groups is 1. The number of thioether (sulfide) groups is 1. The molecule has 7 heteroatoms. The Morgan fingerprint density at radius 3 is 2.31 bits per heavy atom. The molecular weight excluding hydrogens is 368 g/mol. The summed E-state index contributed by atoms with van der Waals surface area (Å²) >= 11 is 1.38. The van der Waals surface area contributed by atoms with Gasteiger partial charge in [0.1, 0.15) is 0 Å². The first kappa shape index (κ1) is 20.3. The normalized spacial score (nSPS) is 12.4. The molecule has 2 aromatic carbocycles. The Morgan fingerprint density at radius 2 is 1.73 bits per heavy atom. The number of carbonyl (C=O) groups excluding carboxylic acids is 1. The second kappa shape index (κ2) is 9.09. The predicted molar refractivity (Wildman–Crippen MR) is 107 cm³/mol. The zero-order valence-corrected chi connectivity index (χ0v) is 16.8. The van der Waals surface area contributed by atoms with Crippen LogP contribution in [0.1, 0.15) is 20.3 Å². The summed E-state index contributed by atoms with van der Waals surface area (Å²) < 4.78 is 26.7. The van der Waals surface area contributed by atoms with Crippen LogP contribution in [0.3, 0.4) is 0 Å². The van der Waals surface area contributed by atoms with Crippen LogP contribution in [-0.4, -0.2) is 33.2 Å². The molecular formula is C19H24N2O3S2. The van der Waals surface area contributed by atoms with Crippen LogP contribution < -0.4 is 9.62 Å². The number of rotatable bonds is 8. The monoisotopic (exact) mass is 392 g/mol. The van der Waals surface area contributed by atoms with Gasteiger partial charge in [0.05, 0.1) is 16.3 Å². The van der Waals surface area contributed by atoms with Crippen LogP contribution in [-0.2, 0) is 14.8 Å². The molecule has 0 bridgehead atoms. The van der Waals surface area contributed by atoms with Crippen LogP contribution in [0.5, 0.6) is 0 Å². The maximum atomic E-state index is 12.7. The summed E-state index contributed by atoms with van der Waals surface area (Å²) in [6, 6.07) is 15.7. The highest BCUT2D eigenvalue weighted by atomic mass is 32.2. The smallest absolute Gasteiger partial charge is 0.264 e. The summed E-state index contributed by atoms with van der Waals surface area (Å²) in [6.07, 6.45) is 0.887. The third-order valence-corrected chi connectivity index (χ3v) is 6.80. The number of hydrogen-bond acceptors (Lipinski definition) is 4. The summed E-state index contributed by atoms with van der Waals surface area (Å²) in [5, 5.41) is 2.91. The summed E-state index contributed by atoms with van der Waals surface area (Å²) in [6.45, 7) is 3.98. The third-order valence-electron chi connectivity index (χ3n) is 3.99. The van der Waals surface area contributed by atoms with E-state index in [1.54, 1.807) is 48.5 Å². The van der Waals surface area contributed by atoms with Gasteiger partial charge in [-0.2, -0.15) is 0 Å². The van der Waals surface area contributed by atoms with Crippen molar-refractivity contribution in [2.75, 3.05) is 17.1 Å². The van der Waals surface area contributed by atoms with Crippen molar-refractivity contribution in [1.82, 2.24) is 5.32 Å². The maximum absolute atomic E-state index is 12.7. The molecule has 26 heavy (non-hydrogen) atoms. The quantitative estimate of drug-likeness (QED) is 0.698. The van der Waals surface area contributed by atoms with Gasteiger partial charge in [-0.05, 0) is 49.7 Å². The Morgan fingerprint density at radius 1 is 1.12 bits per heavy atom. The maximum Gasteiger partial charge on any atom is 0.264 e. The molecule has 1 atom stereocenters. The van der Waals surface area contributed by atoms with E-state index in [2.05, 4.69) is 5.32 Å². The van der Waals surface area contributed by atoms with Crippen molar-refractivity contribution >= 4 is 33.4 Å². The number of benzene rings is 2. The average molecular weight is 393 g/mol. The molecule has 2 rings (SSSR count). The van der Waals surface area contributed by atoms with E-state index in [1.165, 1.54) is 23.1 Å². The largest absolute Gasteiger partial charge is 0.353 e. The first-order valence-electron chi connectivity index (χ1n) is 8.40. The van der Waals surface area contributed by atoms with Crippen molar-refractivity contribution in [1.29, 1.82) is 0 Å². The number of sulfonamides is 1. The van der Waals surface area contributed by atoms with E-state index < -0.39 is 10.0 Å². The molecule has 1 amide bonds. The fourth-order valence-electron chi connectivity index (χ4n) is 2.21. The minimum atomic E-state index is -3.61. The standard InChI is InChI=1S/C19H24N2O3S2/c1-4-15(2)20-19(22)14-25-17-10-12-18(13-11-17)26(23,24)21(3)16-8-6-5-7-9-16/h5-13,15H,4,14H2,1-3H3,(H,20,22)/t15-/m0/s1. The summed E-state index contributed by atoms with van der Waals surface area (Å²) in [5.74, 6) is 0.283. The van der Waals surface area contributed by atoms with Crippen molar-refractivity contribution in [2.24, 2.45) is 0 Å². The van der Waals surface area contributed by atoms with Gasteiger partial charge in [0.15, 0.2) is 0 Å². The second-order valence-corrected chi connectivity index (χ2v) is 8.96. The highest BCUT2D eigenvalue weighted by Crippen LogP contribution is 2.24. The molecule has 0 radical (unpaired) electrons. The zero-order valence-electron chi connectivity index (χ0n) is 15.2. The van der Waals surface area contributed by atoms with Crippen molar-refractivity contribution < 1.29 is 13.2 Å². The van der Waals surface area contributed by atoms with E-state index in [-0.39, 0.29) is 16.8 Å². The van der Waals surface area contributed by atoms with Crippen LogP contribution in [0, 0.1) is 0 Å². The molecule has 5 nitrogen and oxygen atoms in total. The average Bonchev–Trinajstić information content (AvgIpc) is 2.66. The van der Waals surface area contributed by atoms with E-state index in [9.17, 15) is 13.2 Å². The molecule has 0 saturated carbocycles. The van der Waals surface area contributed by atoms with Gasteiger partial charge >= 0.3 is 0 Å². The molecule has 0 aliphatic heterocycles. The minimum Gasteiger partial charge on any atom is -0.353 e. The number of anilines is 1. The molecule has 0 spiro atoms. The minimum absolute atomic E-state index is 0.0233. The molecule has 0 heterocycles. The lowest BCUT2D eigenvalue weighted by Gasteiger charge is -2.19. The van der Waals surface area contributed by atoms with Gasteiger partial charge < -0.3 is 5.32 Å². The topological polar surface area (TPSA) is 66.5 Å². The van der Waals surface area contributed by atoms with Crippen LogP contribution in [0.2, 0.25) is 0 Å². The lowest BCUT2D eigenvalue weighted by atomic mass is 10.3. The Labute approximate surface area is 159 Å². The Kier molecular flexibility index (Phi) is 7.11. The Hall–Kier alpha value is -1.99. The zero-order chi connectivity index (χ0) is 19.2. The van der Waals surface area contributed by atoms with Crippen LogP contribution in [0.4, 0.5) is 5.69 Å². The van der Waals surface area contributed by atoms with E-state index in [4.69, 9.17) is 0 Å². The summed E-state index contributed by atoms with van der Waals surface area (Å²) in [7, 11) is -2.08. The van der Waals surface area contributed by atoms with E-state index >= 15 is 0 Å². The Bertz CT molecular complexity index is 822. The molecule has 1 N–H and O–H groups in total. The van der Waals surface area contributed by atoms with Crippen LogP contribution >= 0.6 is 11.8 Å². The summed E-state index contributed by atoms with van der Waals surface area (Å²) in [4.78, 5) is 12.9. The van der Waals surface area contributed by atoms with E-state index in [0.717, 1.165) is 11.3 Å². The van der Waals surface area contributed by atoms with E-state index in [1.807, 2.05) is 19.9 Å². The SMILES string of the molecule is CC[C@H](C)NC(=O)CSc1ccc(S(=O)(=O)N(C)c2ccccc2)cc1. The lowest BCUT2D eigenvalue weighted by molar-refractivity contribution is -0.119. The number of para-hydroxylation sites is 1. The highest BCUT2D eigenvalue weighted by Gasteiger charge is 2.21. The molecule has 0 aliphatic rings. The van der Waals surface area contributed by atoms with Gasteiger partial charge in [0.2, 0.25) is 5.91 Å². The molecule has 0 saturated heterocycles. The van der Waals surface area contributed by atoms with Gasteiger partial charge in [-0.15, -0.1) is 11.8 Å². The van der Waals surface area contributed by atoms with E-state index in [0.29, 0.717) is 11.4 Å². The lowest BCUT2D eigenvalue weighted by Crippen LogP contribution is -2.33. The molecule has 0 fully saturated rings. The fourth-order valence-corrected chi connectivity index (χ4v) is 4.12. The van der Waals surface area contributed by atoms with Gasteiger partial charge in [-0.3, -0.25) is 9.10 Å². The fraction of sp³-hybridized carbons (Fsp3) is 0.316. The first-order valence-corrected chi connectivity index (χ1v) is 10.8. The number of amides is 1. The summed E-state index contributed by atoms with van der Waals surface area (Å²) in [5.41, 5.74) is 0.604. The highest BCUT2D eigenvalue weighted by molar-refractivity contribution is 8.00. The van der Waals surface area contributed by atoms with Gasteiger partial charge in [-0.1, -0.05) is 25.1 Å². The molecule has 0 aromatic heterocycles. The molecule has 0 unspecified atom stereocenters. The number of nitrogens with one attached hydrogen (secondary N) is 1. The Balaban J connectivity index is 2.03.